The van der Waals surface area contributed by atoms with Gasteiger partial charge in [-0.3, -0.25) is 4.99 Å². The van der Waals surface area contributed by atoms with Gasteiger partial charge in [-0.15, -0.1) is 0 Å². The third-order valence-corrected chi connectivity index (χ3v) is 7.31. The van der Waals surface area contributed by atoms with Gasteiger partial charge in [0.25, 0.3) is 0 Å². The molecule has 0 aromatic heterocycles. The first kappa shape index (κ1) is 24.0. The van der Waals surface area contributed by atoms with Gasteiger partial charge in [0.05, 0.1) is 40.0 Å². The highest BCUT2D eigenvalue weighted by Crippen LogP contribution is 2.31. The minimum Gasteiger partial charge on any atom is -0.354 e. The van der Waals surface area contributed by atoms with Gasteiger partial charge in [-0.2, -0.15) is 0 Å². The minimum atomic E-state index is 0.705. The molecule has 186 valence electrons. The van der Waals surface area contributed by atoms with Gasteiger partial charge in [-0.1, -0.05) is 35.3 Å². The van der Waals surface area contributed by atoms with Crippen molar-refractivity contribution in [3.05, 3.63) is 100 Å². The van der Waals surface area contributed by atoms with E-state index in [1.165, 1.54) is 12.8 Å². The van der Waals surface area contributed by atoms with Crippen LogP contribution in [0.5, 0.6) is 0 Å². The standard InChI is InChI=1S/C30H27Cl2N5/c31-21-7-11-23(12-8-21)34-27-19-28-30(20-26(27)33-15-18-36-16-3-4-17-36)37(24-13-9-22(32)10-14-24)29-6-2-1-5-25(29)35-28/h1-2,5-14,19-20,34H,3-4,15-18H2. The van der Waals surface area contributed by atoms with E-state index in [0.717, 1.165) is 71.0 Å². The number of likely N-dealkylation sites (tertiary alicyclic amines) is 1. The van der Waals surface area contributed by atoms with E-state index in [2.05, 4.69) is 33.0 Å². The summed E-state index contributed by atoms with van der Waals surface area (Å²) in [5.41, 5.74) is 6.70. The molecule has 6 rings (SSSR count). The second kappa shape index (κ2) is 10.5. The summed E-state index contributed by atoms with van der Waals surface area (Å²) >= 11 is 12.3. The lowest BCUT2D eigenvalue weighted by Gasteiger charge is -2.20. The predicted molar refractivity (Wildman–Crippen MR) is 154 cm³/mol. The Bertz CT molecular complexity index is 1570. The van der Waals surface area contributed by atoms with E-state index in [0.29, 0.717) is 10.0 Å². The Morgan fingerprint density at radius 3 is 2.30 bits per heavy atom. The zero-order valence-corrected chi connectivity index (χ0v) is 21.9. The Morgan fingerprint density at radius 1 is 0.838 bits per heavy atom. The lowest BCUT2D eigenvalue weighted by atomic mass is 10.1. The fourth-order valence-electron chi connectivity index (χ4n) is 4.95. The number of hydrogen-bond acceptors (Lipinski definition) is 4. The van der Waals surface area contributed by atoms with Crippen LogP contribution in [0.3, 0.4) is 0 Å². The number of hydrogen-bond donors (Lipinski definition) is 1. The first-order valence-electron chi connectivity index (χ1n) is 12.6. The van der Waals surface area contributed by atoms with Crippen LogP contribution in [-0.2, 0) is 0 Å². The molecule has 1 aliphatic carbocycles. The number of benzene rings is 4. The lowest BCUT2D eigenvalue weighted by Crippen LogP contribution is -2.23. The van der Waals surface area contributed by atoms with Gasteiger partial charge in [-0.05, 0) is 98.7 Å². The largest absolute Gasteiger partial charge is 0.354 e. The Kier molecular flexibility index (Phi) is 6.83. The van der Waals surface area contributed by atoms with Gasteiger partial charge in [0.1, 0.15) is 0 Å². The average Bonchev–Trinajstić information content (AvgIpc) is 3.43. The summed E-state index contributed by atoms with van der Waals surface area (Å²) in [4.78, 5) is 12.6. The summed E-state index contributed by atoms with van der Waals surface area (Å²) in [6.07, 6.45) is 2.55. The second-order valence-electron chi connectivity index (χ2n) is 9.33. The molecule has 0 bridgehead atoms. The molecule has 0 radical (unpaired) electrons. The van der Waals surface area contributed by atoms with Crippen molar-refractivity contribution in [3.8, 4) is 17.1 Å². The first-order valence-corrected chi connectivity index (χ1v) is 13.4. The van der Waals surface area contributed by atoms with Gasteiger partial charge >= 0.3 is 0 Å². The van der Waals surface area contributed by atoms with Crippen LogP contribution in [0.2, 0.25) is 10.0 Å². The van der Waals surface area contributed by atoms with Crippen molar-refractivity contribution in [1.29, 1.82) is 0 Å². The highest BCUT2D eigenvalue weighted by Gasteiger charge is 2.17. The lowest BCUT2D eigenvalue weighted by molar-refractivity contribution is 0.348. The molecule has 1 N–H and O–H groups in total. The van der Waals surface area contributed by atoms with E-state index in [4.69, 9.17) is 33.2 Å². The van der Waals surface area contributed by atoms with E-state index < -0.39 is 0 Å². The summed E-state index contributed by atoms with van der Waals surface area (Å²) in [5, 5.41) is 5.87. The molecule has 1 saturated heterocycles. The summed E-state index contributed by atoms with van der Waals surface area (Å²) < 4.78 is 2.24. The highest BCUT2D eigenvalue weighted by atomic mass is 35.5. The molecule has 3 aliphatic rings. The van der Waals surface area contributed by atoms with E-state index in [1.54, 1.807) is 0 Å². The summed E-state index contributed by atoms with van der Waals surface area (Å²) in [6, 6.07) is 28.1. The Balaban J connectivity index is 1.53. The van der Waals surface area contributed by atoms with Crippen LogP contribution in [0.1, 0.15) is 12.8 Å². The summed E-state index contributed by atoms with van der Waals surface area (Å²) in [5.74, 6) is 0. The molecule has 5 nitrogen and oxygen atoms in total. The van der Waals surface area contributed by atoms with Crippen LogP contribution in [0.15, 0.2) is 89.9 Å². The third-order valence-electron chi connectivity index (χ3n) is 6.80. The van der Waals surface area contributed by atoms with Crippen LogP contribution in [0, 0.1) is 0 Å². The normalized spacial score (nSPS) is 14.6. The number of aromatic nitrogens is 2. The Labute approximate surface area is 226 Å². The zero-order chi connectivity index (χ0) is 25.2. The van der Waals surface area contributed by atoms with Gasteiger partial charge in [0, 0.05) is 28.0 Å². The van der Waals surface area contributed by atoms with Crippen molar-refractivity contribution in [1.82, 2.24) is 14.5 Å². The Hall–Kier alpha value is -3.38. The third kappa shape index (κ3) is 5.21. The predicted octanol–water partition coefficient (Wildman–Crippen LogP) is 7.18. The van der Waals surface area contributed by atoms with Gasteiger partial charge in [0.2, 0.25) is 0 Å². The number of anilines is 2. The second-order valence-corrected chi connectivity index (χ2v) is 10.2. The summed E-state index contributed by atoms with van der Waals surface area (Å²) in [7, 11) is 0. The van der Waals surface area contributed by atoms with Crippen LogP contribution in [0.25, 0.3) is 28.1 Å². The van der Waals surface area contributed by atoms with Gasteiger partial charge < -0.3 is 14.8 Å². The Morgan fingerprint density at radius 2 is 1.54 bits per heavy atom. The molecule has 1 fully saturated rings. The molecule has 37 heavy (non-hydrogen) atoms. The van der Waals surface area contributed by atoms with Crippen molar-refractivity contribution in [2.75, 3.05) is 31.5 Å². The monoisotopic (exact) mass is 527 g/mol. The maximum Gasteiger partial charge on any atom is 0.0900 e. The minimum absolute atomic E-state index is 0.705. The number of rotatable bonds is 6. The smallest absolute Gasteiger partial charge is 0.0900 e. The van der Waals surface area contributed by atoms with E-state index in [-0.39, 0.29) is 0 Å². The van der Waals surface area contributed by atoms with Crippen LogP contribution < -0.4 is 10.7 Å². The molecular formula is C30H27Cl2N5. The molecule has 0 spiro atoms. The summed E-state index contributed by atoms with van der Waals surface area (Å²) in [6.45, 7) is 4.03. The highest BCUT2D eigenvalue weighted by molar-refractivity contribution is 6.30. The number of nitrogens with zero attached hydrogens (tertiary/aromatic N) is 4. The number of halogens is 2. The van der Waals surface area contributed by atoms with Gasteiger partial charge in [-0.25, -0.2) is 4.98 Å². The first-order chi connectivity index (χ1) is 18.1. The fourth-order valence-corrected chi connectivity index (χ4v) is 5.20. The number of fused-ring (bicyclic) bond motifs is 2. The van der Waals surface area contributed by atoms with Crippen molar-refractivity contribution >= 4 is 45.6 Å². The molecule has 2 heterocycles. The van der Waals surface area contributed by atoms with Crippen LogP contribution in [-0.4, -0.2) is 40.6 Å². The molecule has 0 unspecified atom stereocenters. The maximum atomic E-state index is 6.22. The van der Waals surface area contributed by atoms with Gasteiger partial charge in [0.15, 0.2) is 0 Å². The van der Waals surface area contributed by atoms with Crippen molar-refractivity contribution in [2.45, 2.75) is 12.8 Å². The molecule has 3 aromatic rings. The molecule has 2 aliphatic heterocycles. The quantitative estimate of drug-likeness (QED) is 0.238. The fraction of sp³-hybridized carbons (Fsp3) is 0.200. The zero-order valence-electron chi connectivity index (χ0n) is 20.4. The number of nitrogens with one attached hydrogen (secondary N) is 1. The van der Waals surface area contributed by atoms with E-state index in [1.807, 2.05) is 66.7 Å². The molecule has 0 amide bonds. The van der Waals surface area contributed by atoms with Crippen molar-refractivity contribution in [3.63, 3.8) is 0 Å². The molecular weight excluding hydrogens is 501 g/mol. The van der Waals surface area contributed by atoms with Crippen molar-refractivity contribution in [2.24, 2.45) is 4.99 Å². The molecule has 3 aromatic carbocycles. The average molecular weight is 528 g/mol. The molecule has 0 saturated carbocycles. The SMILES string of the molecule is Clc1ccc(Nc2cc3nc4ccccc4n(-c4ccc(Cl)cc4)c-3cc2=NCCN2CCCC2)cc1. The molecule has 0 atom stereocenters. The molecule has 7 heteroatoms. The number of para-hydroxylation sites is 2. The topological polar surface area (TPSA) is 45.5 Å². The van der Waals surface area contributed by atoms with E-state index >= 15 is 0 Å². The van der Waals surface area contributed by atoms with E-state index in [9.17, 15) is 0 Å². The van der Waals surface area contributed by atoms with Crippen LogP contribution in [0.4, 0.5) is 11.4 Å². The maximum absolute atomic E-state index is 6.22. The van der Waals surface area contributed by atoms with Crippen molar-refractivity contribution < 1.29 is 0 Å². The van der Waals surface area contributed by atoms with Crippen LogP contribution >= 0.6 is 23.2 Å².